The number of hydrogen-bond donors (Lipinski definition) is 2. The van der Waals surface area contributed by atoms with Crippen molar-refractivity contribution in [3.05, 3.63) is 15.6 Å². The van der Waals surface area contributed by atoms with E-state index < -0.39 is 24.0 Å². The molecule has 3 amide bonds. The second kappa shape index (κ2) is 7.07. The van der Waals surface area contributed by atoms with E-state index >= 15 is 0 Å². The second-order valence-corrected chi connectivity index (χ2v) is 9.87. The predicted molar refractivity (Wildman–Crippen MR) is 108 cm³/mol. The molecule has 0 bridgehead atoms. The topological polar surface area (TPSA) is 101 Å². The number of rotatable bonds is 4. The van der Waals surface area contributed by atoms with E-state index in [0.29, 0.717) is 18.1 Å². The molecule has 1 atom stereocenters. The minimum absolute atomic E-state index is 0.356. The number of nitrogens with one attached hydrogen (secondary N) is 1. The lowest BCUT2D eigenvalue weighted by atomic mass is 9.97. The Morgan fingerprint density at radius 1 is 1.32 bits per heavy atom. The molecule has 3 heterocycles. The zero-order valence-electron chi connectivity index (χ0n) is 15.7. The number of amides is 3. The molecular weight excluding hydrogens is 401 g/mol. The van der Waals surface area contributed by atoms with E-state index in [1.165, 1.54) is 16.2 Å². The van der Waals surface area contributed by atoms with Gasteiger partial charge in [0, 0.05) is 16.8 Å². The number of aromatic nitrogens is 2. The lowest BCUT2D eigenvalue weighted by molar-refractivity contribution is -0.121. The van der Waals surface area contributed by atoms with Gasteiger partial charge in [-0.1, -0.05) is 25.2 Å². The Balaban J connectivity index is 1.57. The number of nitrogens with zero attached hydrogens (tertiary/aromatic N) is 3. The molecule has 1 aliphatic carbocycles. The molecule has 2 aromatic heterocycles. The van der Waals surface area contributed by atoms with E-state index in [4.69, 9.17) is 10.7 Å². The third-order valence-corrected chi connectivity index (χ3v) is 7.67. The summed E-state index contributed by atoms with van der Waals surface area (Å²) in [5, 5.41) is 4.08. The number of alkyl halides is 1. The molecule has 4 rings (SSSR count). The molecule has 0 radical (unpaired) electrons. The maximum Gasteiger partial charge on any atom is 0.324 e. The summed E-state index contributed by atoms with van der Waals surface area (Å²) in [6.07, 6.45) is 2.92. The van der Waals surface area contributed by atoms with E-state index in [1.54, 1.807) is 11.3 Å². The van der Waals surface area contributed by atoms with Gasteiger partial charge in [-0.2, -0.15) is 0 Å². The number of urea groups is 1. The van der Waals surface area contributed by atoms with E-state index in [-0.39, 0.29) is 6.03 Å². The van der Waals surface area contributed by atoms with Crippen LogP contribution in [0.1, 0.15) is 42.3 Å². The van der Waals surface area contributed by atoms with Gasteiger partial charge in [0.25, 0.3) is 0 Å². The summed E-state index contributed by atoms with van der Waals surface area (Å²) in [6, 6.07) is -0.921. The first kappa shape index (κ1) is 19.3. The number of thiazole rings is 2. The number of carbonyl (C=O) groups is 2. The molecule has 2 aromatic rings. The van der Waals surface area contributed by atoms with Gasteiger partial charge < -0.3 is 10.6 Å². The van der Waals surface area contributed by atoms with Gasteiger partial charge in [0.05, 0.1) is 16.3 Å². The summed E-state index contributed by atoms with van der Waals surface area (Å²) in [5.41, 5.74) is 6.54. The third kappa shape index (κ3) is 3.28. The SMILES string of the molecule is CC(C)(CF)c1nc2c(s1)CCc1nc(NC(=O)N3CCC[C@H]3C(N)=O)sc1-2. The normalized spacial score (nSPS) is 18.7. The van der Waals surface area contributed by atoms with Gasteiger partial charge in [-0.05, 0) is 25.7 Å². The van der Waals surface area contributed by atoms with Crippen molar-refractivity contribution in [3.63, 3.8) is 0 Å². The number of aryl methyl sites for hydroxylation is 2. The molecule has 0 spiro atoms. The van der Waals surface area contributed by atoms with Crippen LogP contribution in [0.3, 0.4) is 0 Å². The summed E-state index contributed by atoms with van der Waals surface area (Å²) >= 11 is 2.93. The number of primary amides is 1. The zero-order chi connectivity index (χ0) is 20.1. The van der Waals surface area contributed by atoms with Crippen LogP contribution in [0.5, 0.6) is 0 Å². The molecule has 0 unspecified atom stereocenters. The van der Waals surface area contributed by atoms with Crippen molar-refractivity contribution >= 4 is 39.7 Å². The number of nitrogens with two attached hydrogens (primary N) is 1. The molecule has 2 aliphatic rings. The van der Waals surface area contributed by atoms with Crippen LogP contribution in [0.4, 0.5) is 14.3 Å². The summed E-state index contributed by atoms with van der Waals surface area (Å²) in [5.74, 6) is -0.485. The highest BCUT2D eigenvalue weighted by Crippen LogP contribution is 2.43. The average Bonchev–Trinajstić information content (AvgIpc) is 3.37. The van der Waals surface area contributed by atoms with Gasteiger partial charge in [0.2, 0.25) is 5.91 Å². The second-order valence-electron chi connectivity index (χ2n) is 7.79. The first-order chi connectivity index (χ1) is 13.3. The average molecular weight is 424 g/mol. The van der Waals surface area contributed by atoms with Gasteiger partial charge >= 0.3 is 6.03 Å². The molecule has 10 heteroatoms. The van der Waals surface area contributed by atoms with Crippen LogP contribution in [0.15, 0.2) is 0 Å². The van der Waals surface area contributed by atoms with Gasteiger partial charge in [0.1, 0.15) is 17.7 Å². The molecule has 3 N–H and O–H groups in total. The quantitative estimate of drug-likeness (QED) is 0.789. The van der Waals surface area contributed by atoms with Crippen LogP contribution in [0.25, 0.3) is 10.6 Å². The number of likely N-dealkylation sites (tertiary alicyclic amines) is 1. The molecule has 150 valence electrons. The van der Waals surface area contributed by atoms with Crippen molar-refractivity contribution in [2.45, 2.75) is 51.0 Å². The number of halogens is 1. The van der Waals surface area contributed by atoms with E-state index in [9.17, 15) is 14.0 Å². The van der Waals surface area contributed by atoms with E-state index in [1.807, 2.05) is 13.8 Å². The van der Waals surface area contributed by atoms with Crippen molar-refractivity contribution in [2.24, 2.45) is 5.73 Å². The molecule has 1 fully saturated rings. The lowest BCUT2D eigenvalue weighted by Crippen LogP contribution is -2.45. The van der Waals surface area contributed by atoms with Crippen LogP contribution >= 0.6 is 22.7 Å². The Kier molecular flexibility index (Phi) is 4.86. The van der Waals surface area contributed by atoms with Crippen LogP contribution in [0, 0.1) is 0 Å². The summed E-state index contributed by atoms with van der Waals surface area (Å²) in [7, 11) is 0. The summed E-state index contributed by atoms with van der Waals surface area (Å²) in [4.78, 5) is 36.9. The molecule has 7 nitrogen and oxygen atoms in total. The van der Waals surface area contributed by atoms with Gasteiger partial charge in [-0.3, -0.25) is 14.5 Å². The Bertz CT molecular complexity index is 939. The standard InChI is InChI=1S/C18H22FN5O2S2/c1-18(2,8-19)15-22-12-11(27-15)6-5-9-13(12)28-16(21-9)23-17(26)24-7-3-4-10(24)14(20)25/h10H,3-8H2,1-2H3,(H2,20,25)(H,21,23,26)/t10-/m0/s1. The lowest BCUT2D eigenvalue weighted by Gasteiger charge is -2.21. The maximum absolute atomic E-state index is 13.4. The molecule has 0 aromatic carbocycles. The molecular formula is C18H22FN5O2S2. The molecule has 28 heavy (non-hydrogen) atoms. The largest absolute Gasteiger partial charge is 0.368 e. The van der Waals surface area contributed by atoms with Gasteiger partial charge in [0.15, 0.2) is 5.13 Å². The summed E-state index contributed by atoms with van der Waals surface area (Å²) in [6.45, 7) is 3.74. The number of anilines is 1. The maximum atomic E-state index is 13.4. The highest BCUT2D eigenvalue weighted by atomic mass is 32.1. The first-order valence-corrected chi connectivity index (χ1v) is 10.9. The Labute approximate surface area is 170 Å². The third-order valence-electron chi connectivity index (χ3n) is 5.17. The van der Waals surface area contributed by atoms with Crippen LogP contribution < -0.4 is 11.1 Å². The smallest absolute Gasteiger partial charge is 0.324 e. The molecule has 1 saturated heterocycles. The van der Waals surface area contributed by atoms with E-state index in [2.05, 4.69) is 10.3 Å². The highest BCUT2D eigenvalue weighted by Gasteiger charge is 2.34. The van der Waals surface area contributed by atoms with Crippen molar-refractivity contribution in [1.29, 1.82) is 0 Å². The zero-order valence-corrected chi connectivity index (χ0v) is 17.4. The number of carbonyl (C=O) groups excluding carboxylic acids is 2. The molecule has 1 aliphatic heterocycles. The van der Waals surface area contributed by atoms with Gasteiger partial charge in [-0.15, -0.1) is 11.3 Å². The minimum Gasteiger partial charge on any atom is -0.368 e. The highest BCUT2D eigenvalue weighted by molar-refractivity contribution is 7.20. The predicted octanol–water partition coefficient (Wildman–Crippen LogP) is 3.09. The summed E-state index contributed by atoms with van der Waals surface area (Å²) < 4.78 is 13.4. The van der Waals surface area contributed by atoms with Crippen molar-refractivity contribution in [1.82, 2.24) is 14.9 Å². The van der Waals surface area contributed by atoms with Crippen LogP contribution in [0.2, 0.25) is 0 Å². The van der Waals surface area contributed by atoms with Crippen molar-refractivity contribution in [2.75, 3.05) is 18.5 Å². The molecule has 0 saturated carbocycles. The van der Waals surface area contributed by atoms with Crippen LogP contribution in [-0.2, 0) is 23.1 Å². The Morgan fingerprint density at radius 2 is 2.11 bits per heavy atom. The fourth-order valence-electron chi connectivity index (χ4n) is 3.51. The van der Waals surface area contributed by atoms with Crippen LogP contribution in [-0.4, -0.2) is 46.1 Å². The fourth-order valence-corrected chi connectivity index (χ4v) is 5.74. The van der Waals surface area contributed by atoms with E-state index in [0.717, 1.165) is 45.4 Å². The Hall–Kier alpha value is -2.07. The van der Waals surface area contributed by atoms with Crippen molar-refractivity contribution in [3.8, 4) is 10.6 Å². The minimum atomic E-state index is -0.608. The number of fused-ring (bicyclic) bond motifs is 3. The fraction of sp³-hybridized carbons (Fsp3) is 0.556. The first-order valence-electron chi connectivity index (χ1n) is 9.23. The monoisotopic (exact) mass is 423 g/mol. The number of hydrogen-bond acceptors (Lipinski definition) is 6. The Morgan fingerprint density at radius 3 is 2.82 bits per heavy atom. The van der Waals surface area contributed by atoms with Gasteiger partial charge in [-0.25, -0.2) is 14.8 Å². The van der Waals surface area contributed by atoms with Crippen molar-refractivity contribution < 1.29 is 14.0 Å².